The van der Waals surface area contributed by atoms with Crippen LogP contribution in [0.2, 0.25) is 0 Å². The summed E-state index contributed by atoms with van der Waals surface area (Å²) in [5.74, 6) is 2.63. The summed E-state index contributed by atoms with van der Waals surface area (Å²) >= 11 is 0. The summed E-state index contributed by atoms with van der Waals surface area (Å²) in [4.78, 5) is 47.0. The number of hydrogen-bond donors (Lipinski definition) is 3. The predicted octanol–water partition coefficient (Wildman–Crippen LogP) is 7.83. The average molecular weight is 961 g/mol. The van der Waals surface area contributed by atoms with E-state index in [0.717, 1.165) is 127 Å². The van der Waals surface area contributed by atoms with Gasteiger partial charge in [0, 0.05) is 137 Å². The lowest BCUT2D eigenvalue weighted by molar-refractivity contribution is -0.0545. The highest BCUT2D eigenvalue weighted by Crippen LogP contribution is 2.49. The first-order valence-electron chi connectivity index (χ1n) is 24.7. The van der Waals surface area contributed by atoms with E-state index >= 15 is 0 Å². The fourth-order valence-corrected chi connectivity index (χ4v) is 10.0. The van der Waals surface area contributed by atoms with Gasteiger partial charge in [-0.25, -0.2) is 24.7 Å². The largest absolute Gasteiger partial charge is 0.478 e. The van der Waals surface area contributed by atoms with E-state index in [1.165, 1.54) is 5.69 Å². The van der Waals surface area contributed by atoms with Crippen molar-refractivity contribution in [2.24, 2.45) is 0 Å². The van der Waals surface area contributed by atoms with Crippen molar-refractivity contribution in [1.82, 2.24) is 40.1 Å². The van der Waals surface area contributed by atoms with Crippen LogP contribution in [0.25, 0.3) is 22.5 Å². The van der Waals surface area contributed by atoms with Gasteiger partial charge < -0.3 is 54.3 Å². The van der Waals surface area contributed by atoms with Crippen molar-refractivity contribution in [3.8, 4) is 34.0 Å². The van der Waals surface area contributed by atoms with Gasteiger partial charge in [0.2, 0.25) is 11.9 Å². The molecule has 0 bridgehead atoms. The van der Waals surface area contributed by atoms with Crippen LogP contribution in [0.1, 0.15) is 57.8 Å². The molecule has 2 spiro atoms. The maximum Gasteiger partial charge on any atom is 0.410 e. The minimum absolute atomic E-state index is 0.251. The Morgan fingerprint density at radius 2 is 1.06 bits per heavy atom. The molecule has 0 unspecified atom stereocenters. The molecule has 10 heterocycles. The highest BCUT2D eigenvalue weighted by atomic mass is 16.6. The first kappa shape index (κ1) is 46.2. The molecule has 6 aliphatic rings. The van der Waals surface area contributed by atoms with Crippen molar-refractivity contribution >= 4 is 40.7 Å². The molecule has 3 N–H and O–H groups in total. The van der Waals surface area contributed by atoms with Crippen molar-refractivity contribution in [1.29, 1.82) is 0 Å². The second-order valence-electron chi connectivity index (χ2n) is 19.6. The van der Waals surface area contributed by atoms with Crippen LogP contribution in [0.4, 0.5) is 39.4 Å². The lowest BCUT2D eigenvalue weighted by atomic mass is 9.84. The quantitative estimate of drug-likeness (QED) is 0.147. The zero-order chi connectivity index (χ0) is 48.4. The average Bonchev–Trinajstić information content (AvgIpc) is 3.40. The summed E-state index contributed by atoms with van der Waals surface area (Å²) in [7, 11) is 0. The fourth-order valence-electron chi connectivity index (χ4n) is 10.0. The minimum Gasteiger partial charge on any atom is -0.478 e. The first-order valence-corrected chi connectivity index (χ1v) is 24.7. The molecule has 0 saturated carbocycles. The lowest BCUT2D eigenvalue weighted by Crippen LogP contribution is -2.50. The van der Waals surface area contributed by atoms with Gasteiger partial charge in [-0.3, -0.25) is 9.97 Å². The molecule has 0 radical (unpaired) electrons. The lowest BCUT2D eigenvalue weighted by Gasteiger charge is -2.41. The minimum atomic E-state index is -0.547. The van der Waals surface area contributed by atoms with Crippen molar-refractivity contribution in [2.75, 3.05) is 99.2 Å². The number of hydrogen-bond acceptors (Lipinski definition) is 17. The molecule has 368 valence electrons. The van der Waals surface area contributed by atoms with Gasteiger partial charge in [0.05, 0.1) is 37.8 Å². The molecule has 4 fully saturated rings. The number of nitrogens with zero attached hydrogens (tertiary/aromatic N) is 9. The smallest absolute Gasteiger partial charge is 0.410 e. The molecule has 71 heavy (non-hydrogen) atoms. The van der Waals surface area contributed by atoms with E-state index in [4.69, 9.17) is 33.7 Å². The Bertz CT molecular complexity index is 2840. The van der Waals surface area contributed by atoms with E-state index in [2.05, 4.69) is 82.1 Å². The summed E-state index contributed by atoms with van der Waals surface area (Å²) in [6.45, 7) is 15.1. The van der Waals surface area contributed by atoms with Crippen molar-refractivity contribution in [3.05, 3.63) is 109 Å². The van der Waals surface area contributed by atoms with Crippen LogP contribution in [0, 0.1) is 0 Å². The van der Waals surface area contributed by atoms with Crippen LogP contribution in [-0.4, -0.2) is 125 Å². The van der Waals surface area contributed by atoms with Gasteiger partial charge in [0.1, 0.15) is 28.5 Å². The summed E-state index contributed by atoms with van der Waals surface area (Å²) in [5.41, 5.74) is 7.81. The second-order valence-corrected chi connectivity index (χ2v) is 19.6. The van der Waals surface area contributed by atoms with E-state index in [0.29, 0.717) is 51.4 Å². The number of rotatable bonds is 6. The summed E-state index contributed by atoms with van der Waals surface area (Å²) in [6, 6.07) is 24.4. The van der Waals surface area contributed by atoms with Crippen LogP contribution in [0.5, 0.6) is 11.5 Å². The number of fused-ring (bicyclic) bond motifs is 8. The molecule has 2 aromatic carbocycles. The SMILES string of the molecule is CC(C)(C)OC(=O)N1CCN(c2ccc(Nc3ncc4c(n3)C3(CCOCC3)Oc3cccnc3-4)cc2)CC1.c1cnc2c(c1)OC1(CCOCC1)c1nc(Nc3ccc(N4CCNCC4)cc3)ncc1-2. The van der Waals surface area contributed by atoms with Gasteiger partial charge in [-0.15, -0.1) is 0 Å². The molecule has 0 aliphatic carbocycles. The standard InChI is InChI=1S/C29H34N6O4.C24H26N6O2/c1-28(2,3)39-27(36)35-15-13-34(14-16-35)21-8-6-20(7-9-21)32-26-31-19-22-24-23(5-4-12-30-24)38-29(25(22)33-26)10-17-37-18-11-29;1-2-20-21(26-9-1)19-16-27-23(29-22(19)24(32-20)7-14-31-15-8-24)28-17-3-5-18(6-4-17)30-12-10-25-11-13-30/h4-9,12,19H,10-11,13-18H2,1-3H3,(H,31,32,33);1-6,9,16,25H,7-8,10-15H2,(H,27,28,29). The van der Waals surface area contributed by atoms with Gasteiger partial charge >= 0.3 is 6.09 Å². The molecule has 6 aliphatic heterocycles. The van der Waals surface area contributed by atoms with Gasteiger partial charge in [0.25, 0.3) is 0 Å². The number of carbonyl (C=O) groups is 1. The number of benzene rings is 2. The van der Waals surface area contributed by atoms with E-state index < -0.39 is 16.8 Å². The number of aromatic nitrogens is 6. The molecule has 4 saturated heterocycles. The van der Waals surface area contributed by atoms with E-state index in [9.17, 15) is 4.79 Å². The maximum absolute atomic E-state index is 12.4. The van der Waals surface area contributed by atoms with E-state index in [-0.39, 0.29) is 6.09 Å². The normalized spacial score (nSPS) is 18.5. The van der Waals surface area contributed by atoms with Crippen molar-refractivity contribution < 1.29 is 28.5 Å². The van der Waals surface area contributed by atoms with Crippen LogP contribution in [-0.2, 0) is 25.4 Å². The third-order valence-corrected chi connectivity index (χ3v) is 13.7. The summed E-state index contributed by atoms with van der Waals surface area (Å²) in [5, 5.41) is 10.1. The number of anilines is 6. The number of piperazine rings is 2. The zero-order valence-electron chi connectivity index (χ0n) is 40.5. The number of carbonyl (C=O) groups excluding carboxylic acids is 1. The highest BCUT2D eigenvalue weighted by molar-refractivity contribution is 5.74. The van der Waals surface area contributed by atoms with E-state index in [1.54, 1.807) is 17.3 Å². The molecule has 6 aromatic rings. The Balaban J connectivity index is 0.000000157. The topological polar surface area (TPSA) is 186 Å². The van der Waals surface area contributed by atoms with Gasteiger partial charge in [-0.05, 0) is 93.6 Å². The third kappa shape index (κ3) is 9.83. The summed E-state index contributed by atoms with van der Waals surface area (Å²) in [6.07, 6.45) is 9.95. The monoisotopic (exact) mass is 960 g/mol. The Morgan fingerprint density at radius 3 is 1.51 bits per heavy atom. The van der Waals surface area contributed by atoms with Crippen LogP contribution in [0.15, 0.2) is 97.6 Å². The number of pyridine rings is 2. The molecule has 1 amide bonds. The van der Waals surface area contributed by atoms with Crippen LogP contribution in [0.3, 0.4) is 0 Å². The van der Waals surface area contributed by atoms with Crippen LogP contribution >= 0.6 is 0 Å². The number of nitrogens with one attached hydrogen (secondary N) is 3. The fraction of sp³-hybridized carbons (Fsp3) is 0.415. The Labute approximate surface area is 413 Å². The Hall–Kier alpha value is -7.15. The van der Waals surface area contributed by atoms with Gasteiger partial charge in [-0.1, -0.05) is 0 Å². The molecule has 12 rings (SSSR count). The number of ether oxygens (including phenoxy) is 5. The first-order chi connectivity index (χ1) is 34.6. The molecule has 18 nitrogen and oxygen atoms in total. The Kier molecular flexibility index (Phi) is 12.7. The van der Waals surface area contributed by atoms with Gasteiger partial charge in [-0.2, -0.15) is 0 Å². The highest BCUT2D eigenvalue weighted by Gasteiger charge is 2.46. The Morgan fingerprint density at radius 1 is 0.606 bits per heavy atom. The second kappa shape index (κ2) is 19.6. The predicted molar refractivity (Wildman–Crippen MR) is 270 cm³/mol. The van der Waals surface area contributed by atoms with Crippen LogP contribution < -0.4 is 35.2 Å². The van der Waals surface area contributed by atoms with Crippen molar-refractivity contribution in [2.45, 2.75) is 63.3 Å². The van der Waals surface area contributed by atoms with Gasteiger partial charge in [0.15, 0.2) is 11.2 Å². The van der Waals surface area contributed by atoms with Crippen molar-refractivity contribution in [3.63, 3.8) is 0 Å². The number of amides is 1. The third-order valence-electron chi connectivity index (χ3n) is 13.7. The summed E-state index contributed by atoms with van der Waals surface area (Å²) < 4.78 is 29.8. The molecular weight excluding hydrogens is 901 g/mol. The molecule has 0 atom stereocenters. The van der Waals surface area contributed by atoms with E-state index in [1.807, 2.05) is 69.6 Å². The maximum atomic E-state index is 12.4. The zero-order valence-corrected chi connectivity index (χ0v) is 40.5. The molecular formula is C53H60N12O6. The molecule has 4 aromatic heterocycles. The molecule has 18 heteroatoms.